The molecule has 0 saturated carbocycles. The van der Waals surface area contributed by atoms with Gasteiger partial charge in [0.15, 0.2) is 0 Å². The third-order valence-electron chi connectivity index (χ3n) is 5.72. The van der Waals surface area contributed by atoms with Crippen molar-refractivity contribution < 1.29 is 31.3 Å². The lowest BCUT2D eigenvalue weighted by Gasteiger charge is -2.04. The average molecular weight is 497 g/mol. The summed E-state index contributed by atoms with van der Waals surface area (Å²) in [6.07, 6.45) is 24.7. The van der Waals surface area contributed by atoms with E-state index in [2.05, 4.69) is 13.5 Å². The number of aryl methyl sites for hydroxylation is 1. The molecule has 0 bridgehead atoms. The molecule has 0 amide bonds. The molecule has 0 aliphatic carbocycles. The zero-order valence-electron chi connectivity index (χ0n) is 20.2. The van der Waals surface area contributed by atoms with Gasteiger partial charge in [-0.05, 0) is 19.4 Å². The van der Waals surface area contributed by atoms with Gasteiger partial charge >= 0.3 is 5.97 Å². The standard InChI is InChI=1S/C27H46NO2.BrH/c1-4-5-6-7-8-9-10-11-12-13-14-15-16-17-18-19-22-26-23-20-21-24-28(26)30-27(29)25(2)3;/h20-21,23-24H,2,4-19,22H2,1,3H3;1H/q+1;/p-1. The molecule has 31 heavy (non-hydrogen) atoms. The summed E-state index contributed by atoms with van der Waals surface area (Å²) < 4.78 is 1.59. The summed E-state index contributed by atoms with van der Waals surface area (Å²) in [5.41, 5.74) is 1.46. The molecular formula is C27H46BrNO2. The van der Waals surface area contributed by atoms with Crippen LogP contribution in [0.3, 0.4) is 0 Å². The fraction of sp³-hybridized carbons (Fsp3) is 0.704. The highest BCUT2D eigenvalue weighted by atomic mass is 79.9. The molecule has 0 atom stereocenters. The highest BCUT2D eigenvalue weighted by Crippen LogP contribution is 2.14. The quantitative estimate of drug-likeness (QED) is 0.162. The SMILES string of the molecule is C=C(C)C(=O)O[n+]1ccccc1CCCCCCCCCCCCCCCCCC.[Br-]. The third-order valence-corrected chi connectivity index (χ3v) is 5.72. The van der Waals surface area contributed by atoms with E-state index >= 15 is 0 Å². The molecule has 0 aromatic carbocycles. The van der Waals surface area contributed by atoms with E-state index in [9.17, 15) is 4.79 Å². The van der Waals surface area contributed by atoms with Crippen LogP contribution in [0.25, 0.3) is 0 Å². The smallest absolute Gasteiger partial charge is 0.406 e. The molecule has 0 saturated heterocycles. The fourth-order valence-electron chi connectivity index (χ4n) is 3.77. The number of unbranched alkanes of at least 4 members (excludes halogenated alkanes) is 15. The van der Waals surface area contributed by atoms with E-state index in [1.54, 1.807) is 17.9 Å². The summed E-state index contributed by atoms with van der Waals surface area (Å²) >= 11 is 0. The van der Waals surface area contributed by atoms with Crippen LogP contribution in [0.4, 0.5) is 0 Å². The van der Waals surface area contributed by atoms with Crippen LogP contribution in [-0.4, -0.2) is 5.97 Å². The van der Waals surface area contributed by atoms with Crippen molar-refractivity contribution in [2.45, 2.75) is 123 Å². The minimum atomic E-state index is -0.376. The summed E-state index contributed by atoms with van der Waals surface area (Å²) in [4.78, 5) is 17.1. The molecule has 0 aliphatic rings. The molecule has 0 radical (unpaired) electrons. The highest BCUT2D eigenvalue weighted by Gasteiger charge is 2.16. The average Bonchev–Trinajstić information content (AvgIpc) is 2.74. The maximum absolute atomic E-state index is 11.7. The molecule has 0 aliphatic heterocycles. The van der Waals surface area contributed by atoms with Gasteiger partial charge in [-0.15, -0.1) is 0 Å². The van der Waals surface area contributed by atoms with Gasteiger partial charge in [0.25, 0.3) is 0 Å². The summed E-state index contributed by atoms with van der Waals surface area (Å²) in [7, 11) is 0. The minimum Gasteiger partial charge on any atom is -1.00 e. The van der Waals surface area contributed by atoms with Crippen molar-refractivity contribution in [1.29, 1.82) is 0 Å². The monoisotopic (exact) mass is 495 g/mol. The zero-order valence-corrected chi connectivity index (χ0v) is 21.8. The van der Waals surface area contributed by atoms with Crippen molar-refractivity contribution in [3.05, 3.63) is 42.2 Å². The van der Waals surface area contributed by atoms with Crippen LogP contribution in [0.5, 0.6) is 0 Å². The Bertz CT molecular complexity index is 588. The minimum absolute atomic E-state index is 0. The molecule has 1 rings (SSSR count). The number of rotatable bonds is 19. The van der Waals surface area contributed by atoms with Crippen molar-refractivity contribution in [3.63, 3.8) is 0 Å². The second kappa shape index (κ2) is 20.7. The third kappa shape index (κ3) is 16.2. The lowest BCUT2D eigenvalue weighted by atomic mass is 10.0. The van der Waals surface area contributed by atoms with Gasteiger partial charge in [0.05, 0.1) is 0 Å². The van der Waals surface area contributed by atoms with Crippen LogP contribution in [0.15, 0.2) is 36.5 Å². The lowest BCUT2D eigenvalue weighted by molar-refractivity contribution is -0.874. The zero-order chi connectivity index (χ0) is 21.9. The first kappa shape index (κ1) is 29.8. The van der Waals surface area contributed by atoms with Gasteiger partial charge in [0.1, 0.15) is 0 Å². The normalized spacial score (nSPS) is 10.5. The van der Waals surface area contributed by atoms with E-state index < -0.39 is 0 Å². The Labute approximate surface area is 202 Å². The lowest BCUT2D eigenvalue weighted by Crippen LogP contribution is -3.00. The molecular weight excluding hydrogens is 450 g/mol. The topological polar surface area (TPSA) is 30.2 Å². The number of pyridine rings is 1. The van der Waals surface area contributed by atoms with Gasteiger partial charge in [-0.2, -0.15) is 4.84 Å². The van der Waals surface area contributed by atoms with Crippen LogP contribution in [0, 0.1) is 0 Å². The molecule has 0 fully saturated rings. The number of carbonyl (C=O) groups is 1. The van der Waals surface area contributed by atoms with Gasteiger partial charge < -0.3 is 17.0 Å². The molecule has 3 nitrogen and oxygen atoms in total. The number of hydrogen-bond donors (Lipinski definition) is 0. The number of nitrogens with zero attached hydrogens (tertiary/aromatic N) is 1. The van der Waals surface area contributed by atoms with E-state index in [0.717, 1.165) is 18.5 Å². The molecule has 178 valence electrons. The first-order chi connectivity index (χ1) is 14.6. The predicted octanol–water partition coefficient (Wildman–Crippen LogP) is 4.31. The van der Waals surface area contributed by atoms with Crippen LogP contribution >= 0.6 is 0 Å². The van der Waals surface area contributed by atoms with E-state index in [0.29, 0.717) is 5.57 Å². The Kier molecular flexibility index (Phi) is 20.0. The Morgan fingerprint density at radius 1 is 0.806 bits per heavy atom. The van der Waals surface area contributed by atoms with Crippen LogP contribution in [0.1, 0.15) is 122 Å². The summed E-state index contributed by atoms with van der Waals surface area (Å²) in [5, 5.41) is 0. The van der Waals surface area contributed by atoms with Crippen LogP contribution < -0.4 is 26.5 Å². The first-order valence-electron chi connectivity index (χ1n) is 12.5. The van der Waals surface area contributed by atoms with E-state index in [4.69, 9.17) is 4.84 Å². The van der Waals surface area contributed by atoms with Crippen LogP contribution in [0.2, 0.25) is 0 Å². The van der Waals surface area contributed by atoms with Crippen molar-refractivity contribution in [1.82, 2.24) is 0 Å². The summed E-state index contributed by atoms with van der Waals surface area (Å²) in [6, 6.07) is 5.90. The Hall–Kier alpha value is -1.16. The second-order valence-electron chi connectivity index (χ2n) is 8.73. The Morgan fingerprint density at radius 2 is 1.26 bits per heavy atom. The maximum Gasteiger partial charge on any atom is 0.406 e. The van der Waals surface area contributed by atoms with Gasteiger partial charge in [0, 0.05) is 28.9 Å². The van der Waals surface area contributed by atoms with Crippen molar-refractivity contribution >= 4 is 5.97 Å². The summed E-state index contributed by atoms with van der Waals surface area (Å²) in [5.74, 6) is -0.376. The number of hydrogen-bond acceptors (Lipinski definition) is 2. The second-order valence-corrected chi connectivity index (χ2v) is 8.73. The Morgan fingerprint density at radius 3 is 1.71 bits per heavy atom. The highest BCUT2D eigenvalue weighted by molar-refractivity contribution is 5.86. The number of aromatic nitrogens is 1. The first-order valence-corrected chi connectivity index (χ1v) is 12.5. The van der Waals surface area contributed by atoms with Gasteiger partial charge in [0.2, 0.25) is 11.9 Å². The molecule has 0 spiro atoms. The van der Waals surface area contributed by atoms with E-state index in [1.807, 2.05) is 18.2 Å². The molecule has 1 aromatic heterocycles. The van der Waals surface area contributed by atoms with Crippen molar-refractivity contribution in [3.8, 4) is 0 Å². The van der Waals surface area contributed by atoms with Gasteiger partial charge in [-0.25, -0.2) is 4.79 Å². The van der Waals surface area contributed by atoms with Crippen molar-refractivity contribution in [2.75, 3.05) is 0 Å². The largest absolute Gasteiger partial charge is 1.00 e. The van der Waals surface area contributed by atoms with Crippen LogP contribution in [-0.2, 0) is 11.2 Å². The fourth-order valence-corrected chi connectivity index (χ4v) is 3.77. The van der Waals surface area contributed by atoms with E-state index in [-0.39, 0.29) is 23.0 Å². The molecule has 0 N–H and O–H groups in total. The summed E-state index contributed by atoms with van der Waals surface area (Å²) in [6.45, 7) is 7.59. The van der Waals surface area contributed by atoms with E-state index in [1.165, 1.54) is 96.3 Å². The van der Waals surface area contributed by atoms with Crippen molar-refractivity contribution in [2.24, 2.45) is 0 Å². The molecule has 4 heteroatoms. The predicted molar refractivity (Wildman–Crippen MR) is 126 cm³/mol. The maximum atomic E-state index is 11.7. The molecule has 0 unspecified atom stereocenters. The molecule has 1 heterocycles. The molecule has 1 aromatic rings. The van der Waals surface area contributed by atoms with Gasteiger partial charge in [-0.1, -0.05) is 110 Å². The Balaban J connectivity index is 0.00000900. The van der Waals surface area contributed by atoms with Gasteiger partial charge in [-0.3, -0.25) is 0 Å². The number of halogens is 1. The number of carbonyl (C=O) groups excluding carboxylic acids is 1.